The van der Waals surface area contributed by atoms with E-state index in [0.29, 0.717) is 18.8 Å². The SMILES string of the molecule is CN(CCCCc1ccccc1)S(=O)(=O)CCCCCl. The van der Waals surface area contributed by atoms with Gasteiger partial charge in [0.25, 0.3) is 0 Å². The molecule has 0 saturated heterocycles. The molecule has 0 aliphatic heterocycles. The van der Waals surface area contributed by atoms with Gasteiger partial charge in [-0.1, -0.05) is 30.3 Å². The van der Waals surface area contributed by atoms with Gasteiger partial charge in [-0.3, -0.25) is 0 Å². The van der Waals surface area contributed by atoms with Gasteiger partial charge in [0, 0.05) is 19.5 Å². The van der Waals surface area contributed by atoms with Crippen LogP contribution in [0, 0.1) is 0 Å². The number of hydrogen-bond acceptors (Lipinski definition) is 2. The predicted octanol–water partition coefficient (Wildman–Crippen LogP) is 3.29. The number of rotatable bonds is 10. The lowest BCUT2D eigenvalue weighted by Gasteiger charge is -2.16. The van der Waals surface area contributed by atoms with Crippen molar-refractivity contribution >= 4 is 21.6 Å². The molecule has 20 heavy (non-hydrogen) atoms. The topological polar surface area (TPSA) is 37.4 Å². The van der Waals surface area contributed by atoms with E-state index in [9.17, 15) is 8.42 Å². The Morgan fingerprint density at radius 2 is 1.75 bits per heavy atom. The zero-order valence-corrected chi connectivity index (χ0v) is 13.7. The Kier molecular flexibility index (Phi) is 8.19. The minimum atomic E-state index is -3.10. The molecule has 0 aromatic heterocycles. The molecule has 0 heterocycles. The van der Waals surface area contributed by atoms with Crippen LogP contribution >= 0.6 is 11.6 Å². The number of unbranched alkanes of at least 4 members (excludes halogenated alkanes) is 2. The van der Waals surface area contributed by atoms with E-state index in [-0.39, 0.29) is 5.75 Å². The quantitative estimate of drug-likeness (QED) is 0.490. The average Bonchev–Trinajstić information content (AvgIpc) is 2.44. The van der Waals surface area contributed by atoms with Gasteiger partial charge < -0.3 is 0 Å². The van der Waals surface area contributed by atoms with E-state index in [1.165, 1.54) is 9.87 Å². The van der Waals surface area contributed by atoms with Crippen molar-refractivity contribution in [1.82, 2.24) is 4.31 Å². The van der Waals surface area contributed by atoms with Gasteiger partial charge in [0.1, 0.15) is 0 Å². The summed E-state index contributed by atoms with van der Waals surface area (Å²) in [6, 6.07) is 10.3. The Bertz CT molecular complexity index is 462. The van der Waals surface area contributed by atoms with Crippen LogP contribution in [0.4, 0.5) is 0 Å². The van der Waals surface area contributed by atoms with E-state index in [0.717, 1.165) is 25.7 Å². The molecule has 0 radical (unpaired) electrons. The Morgan fingerprint density at radius 3 is 2.40 bits per heavy atom. The van der Waals surface area contributed by atoms with Gasteiger partial charge >= 0.3 is 0 Å². The van der Waals surface area contributed by atoms with Gasteiger partial charge in [-0.2, -0.15) is 0 Å². The Hall–Kier alpha value is -0.580. The average molecular weight is 318 g/mol. The van der Waals surface area contributed by atoms with Crippen LogP contribution in [-0.4, -0.2) is 37.9 Å². The van der Waals surface area contributed by atoms with Crippen molar-refractivity contribution < 1.29 is 8.42 Å². The highest BCUT2D eigenvalue weighted by molar-refractivity contribution is 7.89. The molecule has 114 valence electrons. The Balaban J connectivity index is 2.23. The third-order valence-corrected chi connectivity index (χ3v) is 5.50. The first-order valence-electron chi connectivity index (χ1n) is 7.10. The van der Waals surface area contributed by atoms with Gasteiger partial charge in [-0.05, 0) is 37.7 Å². The molecule has 3 nitrogen and oxygen atoms in total. The molecule has 1 aromatic carbocycles. The molecule has 0 aliphatic rings. The number of hydrogen-bond donors (Lipinski definition) is 0. The molecule has 0 spiro atoms. The summed E-state index contributed by atoms with van der Waals surface area (Å²) in [6.07, 6.45) is 4.29. The van der Waals surface area contributed by atoms with Gasteiger partial charge in [-0.15, -0.1) is 11.6 Å². The van der Waals surface area contributed by atoms with E-state index in [1.54, 1.807) is 7.05 Å². The molecule has 0 amide bonds. The molecule has 0 unspecified atom stereocenters. The van der Waals surface area contributed by atoms with Gasteiger partial charge in [-0.25, -0.2) is 12.7 Å². The maximum atomic E-state index is 12.0. The first-order valence-corrected chi connectivity index (χ1v) is 9.24. The maximum absolute atomic E-state index is 12.0. The van der Waals surface area contributed by atoms with Crippen LogP contribution in [0.1, 0.15) is 31.2 Å². The summed E-state index contributed by atoms with van der Waals surface area (Å²) < 4.78 is 25.4. The lowest BCUT2D eigenvalue weighted by atomic mass is 10.1. The first-order chi connectivity index (χ1) is 9.56. The third kappa shape index (κ3) is 6.73. The zero-order valence-electron chi connectivity index (χ0n) is 12.1. The fraction of sp³-hybridized carbons (Fsp3) is 0.600. The van der Waals surface area contributed by atoms with E-state index in [4.69, 9.17) is 11.6 Å². The van der Waals surface area contributed by atoms with Crippen LogP contribution in [0.25, 0.3) is 0 Å². The number of nitrogens with zero attached hydrogens (tertiary/aromatic N) is 1. The summed E-state index contributed by atoms with van der Waals surface area (Å²) in [5.41, 5.74) is 1.31. The summed E-state index contributed by atoms with van der Waals surface area (Å²) in [5.74, 6) is 0.727. The minimum absolute atomic E-state index is 0.203. The van der Waals surface area contributed by atoms with E-state index in [1.807, 2.05) is 18.2 Å². The van der Waals surface area contributed by atoms with Crippen LogP contribution in [-0.2, 0) is 16.4 Å². The van der Waals surface area contributed by atoms with Gasteiger partial charge in [0.15, 0.2) is 0 Å². The molecule has 0 bridgehead atoms. The second kappa shape index (κ2) is 9.37. The standard InChI is InChI=1S/C15H24ClNO2S/c1-17(20(18,19)14-8-6-12-16)13-7-5-11-15-9-3-2-4-10-15/h2-4,9-10H,5-8,11-14H2,1H3. The molecule has 1 aromatic rings. The van der Waals surface area contributed by atoms with Crippen molar-refractivity contribution in [2.45, 2.75) is 32.1 Å². The largest absolute Gasteiger partial charge is 0.213 e. The van der Waals surface area contributed by atoms with Crippen molar-refractivity contribution in [3.63, 3.8) is 0 Å². The smallest absolute Gasteiger partial charge is 0.212 e. The van der Waals surface area contributed by atoms with Crippen LogP contribution in [0.2, 0.25) is 0 Å². The van der Waals surface area contributed by atoms with Crippen molar-refractivity contribution in [2.75, 3.05) is 25.2 Å². The predicted molar refractivity (Wildman–Crippen MR) is 85.8 cm³/mol. The highest BCUT2D eigenvalue weighted by atomic mass is 35.5. The van der Waals surface area contributed by atoms with Crippen molar-refractivity contribution in [3.8, 4) is 0 Å². The van der Waals surface area contributed by atoms with Gasteiger partial charge in [0.05, 0.1) is 5.75 Å². The lowest BCUT2D eigenvalue weighted by molar-refractivity contribution is 0.454. The Morgan fingerprint density at radius 1 is 1.05 bits per heavy atom. The fourth-order valence-corrected chi connectivity index (χ4v) is 3.46. The molecule has 5 heteroatoms. The van der Waals surface area contributed by atoms with Crippen LogP contribution < -0.4 is 0 Å². The summed E-state index contributed by atoms with van der Waals surface area (Å²) in [7, 11) is -1.44. The number of alkyl halides is 1. The first kappa shape index (κ1) is 17.5. The summed E-state index contributed by atoms with van der Waals surface area (Å²) in [4.78, 5) is 0. The molecule has 0 atom stereocenters. The Labute approximate surface area is 128 Å². The van der Waals surface area contributed by atoms with E-state index < -0.39 is 10.0 Å². The van der Waals surface area contributed by atoms with Crippen LogP contribution in [0.15, 0.2) is 30.3 Å². The van der Waals surface area contributed by atoms with Crippen LogP contribution in [0.3, 0.4) is 0 Å². The highest BCUT2D eigenvalue weighted by Gasteiger charge is 2.16. The van der Waals surface area contributed by atoms with Crippen LogP contribution in [0.5, 0.6) is 0 Å². The molecule has 1 rings (SSSR count). The summed E-state index contributed by atoms with van der Waals surface area (Å²) in [6.45, 7) is 0.593. The maximum Gasteiger partial charge on any atom is 0.213 e. The lowest BCUT2D eigenvalue weighted by Crippen LogP contribution is -2.30. The molecule has 0 N–H and O–H groups in total. The summed E-state index contributed by atoms with van der Waals surface area (Å²) >= 11 is 5.56. The van der Waals surface area contributed by atoms with Gasteiger partial charge in [0.2, 0.25) is 10.0 Å². The molecule has 0 saturated carbocycles. The monoisotopic (exact) mass is 317 g/mol. The fourth-order valence-electron chi connectivity index (χ4n) is 1.98. The van der Waals surface area contributed by atoms with Crippen molar-refractivity contribution in [1.29, 1.82) is 0 Å². The second-order valence-electron chi connectivity index (χ2n) is 4.98. The molecular weight excluding hydrogens is 294 g/mol. The van der Waals surface area contributed by atoms with E-state index in [2.05, 4.69) is 12.1 Å². The van der Waals surface area contributed by atoms with E-state index >= 15 is 0 Å². The number of benzene rings is 1. The third-order valence-electron chi connectivity index (χ3n) is 3.29. The number of aryl methyl sites for hydroxylation is 1. The highest BCUT2D eigenvalue weighted by Crippen LogP contribution is 2.08. The molecular formula is C15H24ClNO2S. The summed E-state index contributed by atoms with van der Waals surface area (Å²) in [5, 5.41) is 0. The number of sulfonamides is 1. The molecule has 0 aliphatic carbocycles. The van der Waals surface area contributed by atoms with Crippen molar-refractivity contribution in [2.24, 2.45) is 0 Å². The molecule has 0 fully saturated rings. The van der Waals surface area contributed by atoms with Crippen molar-refractivity contribution in [3.05, 3.63) is 35.9 Å². The number of halogens is 1. The normalized spacial score (nSPS) is 11.9. The zero-order chi connectivity index (χ0) is 14.8. The second-order valence-corrected chi connectivity index (χ2v) is 7.55. The minimum Gasteiger partial charge on any atom is -0.212 e.